The van der Waals surface area contributed by atoms with Crippen molar-refractivity contribution in [2.75, 3.05) is 0 Å². The van der Waals surface area contributed by atoms with Gasteiger partial charge in [-0.3, -0.25) is 0 Å². The first-order valence-corrected chi connectivity index (χ1v) is 7.87. The fourth-order valence-electron chi connectivity index (χ4n) is 1.79. The van der Waals surface area contributed by atoms with Crippen molar-refractivity contribution in [3.05, 3.63) is 64.4 Å². The number of aryl methyl sites for hydroxylation is 1. The van der Waals surface area contributed by atoms with Crippen LogP contribution in [0, 0.1) is 0 Å². The van der Waals surface area contributed by atoms with E-state index in [1.54, 1.807) is 4.47 Å². The maximum absolute atomic E-state index is 2.23. The van der Waals surface area contributed by atoms with E-state index in [9.17, 15) is 0 Å². The number of hydrogen-bond acceptors (Lipinski definition) is 0. The molecule has 0 atom stereocenters. The molecule has 0 aliphatic rings. The van der Waals surface area contributed by atoms with Crippen LogP contribution in [0.5, 0.6) is 0 Å². The van der Waals surface area contributed by atoms with E-state index >= 15 is 0 Å². The van der Waals surface area contributed by atoms with Gasteiger partial charge in [-0.15, -0.1) is 0 Å². The zero-order chi connectivity index (χ0) is 13.0. The third-order valence-electron chi connectivity index (χ3n) is 2.93. The normalized spacial score (nSPS) is 10.4. The van der Waals surface area contributed by atoms with Crippen molar-refractivity contribution in [3.63, 3.8) is 0 Å². The monoisotopic (exact) mass is 305 g/mol. The molecule has 94 valence electrons. The van der Waals surface area contributed by atoms with Crippen molar-refractivity contribution < 1.29 is 0 Å². The first-order valence-electron chi connectivity index (χ1n) is 6.16. The molecule has 2 aromatic rings. The molecule has 0 fully saturated rings. The third-order valence-corrected chi connectivity index (χ3v) is 5.68. The number of benzene rings is 1. The zero-order valence-electron chi connectivity index (χ0n) is 11.2. The number of aromatic nitrogens is 1. The maximum atomic E-state index is 2.23. The fourth-order valence-corrected chi connectivity index (χ4v) is 3.89. The predicted octanol–water partition coefficient (Wildman–Crippen LogP) is 2.89. The van der Waals surface area contributed by atoms with Crippen LogP contribution in [-0.2, 0) is 13.5 Å². The van der Waals surface area contributed by atoms with Gasteiger partial charge in [-0.05, 0) is 0 Å². The van der Waals surface area contributed by atoms with Gasteiger partial charge in [0.2, 0.25) is 0 Å². The molecule has 0 N–H and O–H groups in total. The van der Waals surface area contributed by atoms with Crippen LogP contribution in [0.1, 0.15) is 19.5 Å². The molecule has 2 heteroatoms. The van der Waals surface area contributed by atoms with Crippen LogP contribution in [-0.4, -0.2) is 19.5 Å². The second-order valence-electron chi connectivity index (χ2n) is 4.63. The van der Waals surface area contributed by atoms with Crippen LogP contribution < -0.4 is 4.46 Å². The molecule has 2 rings (SSSR count). The van der Waals surface area contributed by atoms with Gasteiger partial charge in [0, 0.05) is 0 Å². The van der Waals surface area contributed by atoms with Gasteiger partial charge in [0.1, 0.15) is 0 Å². The standard InChI is InChI=1S/C16H19NSe/c1-13(2)16(12-14-8-7-11-17(14)3)18-15-9-5-4-6-10-15/h4-11H,12H2,1-3H3. The Bertz CT molecular complexity index is 533. The molecule has 1 aromatic carbocycles. The topological polar surface area (TPSA) is 4.93 Å². The van der Waals surface area contributed by atoms with Crippen LogP contribution in [0.4, 0.5) is 0 Å². The minimum absolute atomic E-state index is 0.435. The van der Waals surface area contributed by atoms with Gasteiger partial charge >= 0.3 is 116 Å². The fraction of sp³-hybridized carbons (Fsp3) is 0.250. The van der Waals surface area contributed by atoms with E-state index in [0.29, 0.717) is 15.0 Å². The SMILES string of the molecule is CC(C)=C(Cc1cccn1C)[Se]c1ccccc1. The molecule has 0 bridgehead atoms. The van der Waals surface area contributed by atoms with Crippen LogP contribution in [0.15, 0.2) is 58.7 Å². The number of rotatable bonds is 4. The summed E-state index contributed by atoms with van der Waals surface area (Å²) in [6.07, 6.45) is 3.19. The molecule has 0 unspecified atom stereocenters. The van der Waals surface area contributed by atoms with E-state index in [-0.39, 0.29) is 0 Å². The van der Waals surface area contributed by atoms with Gasteiger partial charge in [-0.2, -0.15) is 0 Å². The number of hydrogen-bond donors (Lipinski definition) is 0. The summed E-state index contributed by atoms with van der Waals surface area (Å²) in [5.74, 6) is 0. The van der Waals surface area contributed by atoms with E-state index in [1.165, 1.54) is 15.7 Å². The Morgan fingerprint density at radius 2 is 1.78 bits per heavy atom. The molecule has 0 radical (unpaired) electrons. The van der Waals surface area contributed by atoms with E-state index in [0.717, 1.165) is 6.42 Å². The number of allylic oxidation sites excluding steroid dienone is 2. The van der Waals surface area contributed by atoms with E-state index in [1.807, 2.05) is 0 Å². The molecule has 0 aliphatic carbocycles. The van der Waals surface area contributed by atoms with Crippen molar-refractivity contribution in [3.8, 4) is 0 Å². The van der Waals surface area contributed by atoms with E-state index < -0.39 is 0 Å². The molecule has 0 spiro atoms. The van der Waals surface area contributed by atoms with Gasteiger partial charge in [-0.1, -0.05) is 0 Å². The first-order chi connectivity index (χ1) is 8.66. The molecular formula is C16H19NSe. The van der Waals surface area contributed by atoms with Crippen molar-refractivity contribution in [2.24, 2.45) is 7.05 Å². The Hall–Kier alpha value is -1.24. The minimum atomic E-state index is 0.435. The van der Waals surface area contributed by atoms with Crippen LogP contribution >= 0.6 is 0 Å². The summed E-state index contributed by atoms with van der Waals surface area (Å²) in [6, 6.07) is 15.1. The van der Waals surface area contributed by atoms with Gasteiger partial charge in [0.15, 0.2) is 0 Å². The molecule has 0 aliphatic heterocycles. The second kappa shape index (κ2) is 6.08. The summed E-state index contributed by atoms with van der Waals surface area (Å²) in [5.41, 5.74) is 2.85. The Morgan fingerprint density at radius 1 is 1.06 bits per heavy atom. The summed E-state index contributed by atoms with van der Waals surface area (Å²) < 4.78 is 5.25. The van der Waals surface area contributed by atoms with E-state index in [4.69, 9.17) is 0 Å². The second-order valence-corrected chi connectivity index (χ2v) is 7.08. The van der Waals surface area contributed by atoms with Gasteiger partial charge in [0.05, 0.1) is 0 Å². The molecule has 1 aromatic heterocycles. The Labute approximate surface area is 116 Å². The van der Waals surface area contributed by atoms with Crippen molar-refractivity contribution in [1.29, 1.82) is 0 Å². The summed E-state index contributed by atoms with van der Waals surface area (Å²) in [4.78, 5) is 0. The average Bonchev–Trinajstić information content (AvgIpc) is 2.75. The van der Waals surface area contributed by atoms with Crippen molar-refractivity contribution in [2.45, 2.75) is 20.3 Å². The molecule has 1 nitrogen and oxygen atoms in total. The zero-order valence-corrected chi connectivity index (χ0v) is 12.9. The summed E-state index contributed by atoms with van der Waals surface area (Å²) >= 11 is 0.435. The van der Waals surface area contributed by atoms with Crippen LogP contribution in [0.25, 0.3) is 0 Å². The molecular weight excluding hydrogens is 285 g/mol. The third kappa shape index (κ3) is 3.38. The molecule has 18 heavy (non-hydrogen) atoms. The quantitative estimate of drug-likeness (QED) is 0.766. The number of nitrogens with zero attached hydrogens (tertiary/aromatic N) is 1. The summed E-state index contributed by atoms with van der Waals surface area (Å²) in [7, 11) is 2.12. The van der Waals surface area contributed by atoms with Gasteiger partial charge < -0.3 is 0 Å². The van der Waals surface area contributed by atoms with Gasteiger partial charge in [0.25, 0.3) is 0 Å². The Kier molecular flexibility index (Phi) is 4.46. The molecule has 0 saturated heterocycles. The molecule has 1 heterocycles. The van der Waals surface area contributed by atoms with Gasteiger partial charge in [-0.25, -0.2) is 0 Å². The average molecular weight is 304 g/mol. The van der Waals surface area contributed by atoms with Crippen molar-refractivity contribution >= 4 is 19.4 Å². The molecule has 0 amide bonds. The van der Waals surface area contributed by atoms with Crippen LogP contribution in [0.3, 0.4) is 0 Å². The summed E-state index contributed by atoms with van der Waals surface area (Å²) in [6.45, 7) is 4.45. The summed E-state index contributed by atoms with van der Waals surface area (Å²) in [5, 5.41) is 0. The Morgan fingerprint density at radius 3 is 2.33 bits per heavy atom. The molecule has 0 saturated carbocycles. The predicted molar refractivity (Wildman–Crippen MR) is 79.3 cm³/mol. The van der Waals surface area contributed by atoms with Crippen molar-refractivity contribution in [1.82, 2.24) is 4.57 Å². The first kappa shape index (κ1) is 13.2. The van der Waals surface area contributed by atoms with E-state index in [2.05, 4.69) is 74.1 Å². The van der Waals surface area contributed by atoms with Crippen LogP contribution in [0.2, 0.25) is 0 Å². The Balaban J connectivity index is 2.16.